The molecular formula is C14H25N3. The molecule has 1 aromatic rings. The Bertz CT molecular complexity index is 288. The van der Waals surface area contributed by atoms with E-state index < -0.39 is 0 Å². The van der Waals surface area contributed by atoms with Crippen molar-refractivity contribution in [3.63, 3.8) is 0 Å². The van der Waals surface area contributed by atoms with Crippen molar-refractivity contribution >= 4 is 0 Å². The highest BCUT2D eigenvalue weighted by molar-refractivity contribution is 4.77. The fourth-order valence-corrected chi connectivity index (χ4v) is 2.81. The van der Waals surface area contributed by atoms with Gasteiger partial charge in [0.1, 0.15) is 0 Å². The highest BCUT2D eigenvalue weighted by Gasteiger charge is 2.18. The molecule has 1 aliphatic carbocycles. The standard InChI is InChI=1S/C14H25N3/c1-13(14-6-3-2-4-7-14)16-8-5-10-17-11-9-15-12-17/h9,11-14,16H,2-8,10H2,1H3. The van der Waals surface area contributed by atoms with Crippen LogP contribution >= 0.6 is 0 Å². The molecule has 1 aromatic heterocycles. The third-order valence-electron chi connectivity index (χ3n) is 3.98. The first-order chi connectivity index (χ1) is 8.36. The Labute approximate surface area is 105 Å². The molecule has 2 rings (SSSR count). The molecule has 1 unspecified atom stereocenters. The zero-order chi connectivity index (χ0) is 11.9. The molecule has 1 atom stereocenters. The first-order valence-electron chi connectivity index (χ1n) is 7.05. The average Bonchev–Trinajstić information content (AvgIpc) is 2.88. The van der Waals surface area contributed by atoms with E-state index >= 15 is 0 Å². The fraction of sp³-hybridized carbons (Fsp3) is 0.786. The van der Waals surface area contributed by atoms with Crippen LogP contribution in [0.15, 0.2) is 18.7 Å². The Kier molecular flexibility index (Phi) is 5.05. The van der Waals surface area contributed by atoms with E-state index in [9.17, 15) is 0 Å². The maximum absolute atomic E-state index is 4.05. The van der Waals surface area contributed by atoms with Gasteiger partial charge in [0, 0.05) is 25.0 Å². The van der Waals surface area contributed by atoms with E-state index in [0.717, 1.165) is 19.0 Å². The summed E-state index contributed by atoms with van der Waals surface area (Å²) >= 11 is 0. The maximum atomic E-state index is 4.05. The number of nitrogens with one attached hydrogen (secondary N) is 1. The first-order valence-corrected chi connectivity index (χ1v) is 7.05. The van der Waals surface area contributed by atoms with Crippen molar-refractivity contribution in [1.82, 2.24) is 14.9 Å². The van der Waals surface area contributed by atoms with E-state index in [1.807, 2.05) is 18.7 Å². The van der Waals surface area contributed by atoms with Crippen molar-refractivity contribution in [2.24, 2.45) is 5.92 Å². The van der Waals surface area contributed by atoms with Crippen molar-refractivity contribution in [3.8, 4) is 0 Å². The first kappa shape index (κ1) is 12.6. The summed E-state index contributed by atoms with van der Waals surface area (Å²) in [6, 6.07) is 0.693. The second kappa shape index (κ2) is 6.80. The van der Waals surface area contributed by atoms with Crippen LogP contribution in [0.3, 0.4) is 0 Å². The number of aromatic nitrogens is 2. The molecular weight excluding hydrogens is 210 g/mol. The fourth-order valence-electron chi connectivity index (χ4n) is 2.81. The summed E-state index contributed by atoms with van der Waals surface area (Å²) in [5, 5.41) is 3.68. The van der Waals surface area contributed by atoms with Gasteiger partial charge in [-0.2, -0.15) is 0 Å². The van der Waals surface area contributed by atoms with Crippen LogP contribution in [-0.4, -0.2) is 22.1 Å². The van der Waals surface area contributed by atoms with E-state index in [1.54, 1.807) is 0 Å². The van der Waals surface area contributed by atoms with Gasteiger partial charge in [0.05, 0.1) is 6.33 Å². The second-order valence-corrected chi connectivity index (χ2v) is 5.29. The molecule has 1 N–H and O–H groups in total. The van der Waals surface area contributed by atoms with Gasteiger partial charge in [-0.1, -0.05) is 19.3 Å². The number of aryl methyl sites for hydroxylation is 1. The molecule has 1 heterocycles. The summed E-state index contributed by atoms with van der Waals surface area (Å²) in [4.78, 5) is 4.05. The zero-order valence-corrected chi connectivity index (χ0v) is 10.9. The monoisotopic (exact) mass is 235 g/mol. The smallest absolute Gasteiger partial charge is 0.0945 e. The Morgan fingerprint density at radius 2 is 2.18 bits per heavy atom. The summed E-state index contributed by atoms with van der Waals surface area (Å²) in [5.74, 6) is 0.914. The van der Waals surface area contributed by atoms with Crippen molar-refractivity contribution in [1.29, 1.82) is 0 Å². The van der Waals surface area contributed by atoms with Crippen molar-refractivity contribution in [2.75, 3.05) is 6.54 Å². The lowest BCUT2D eigenvalue weighted by Gasteiger charge is -2.28. The summed E-state index contributed by atoms with van der Waals surface area (Å²) in [6.45, 7) is 4.55. The second-order valence-electron chi connectivity index (χ2n) is 5.29. The van der Waals surface area contributed by atoms with Crippen LogP contribution in [0.5, 0.6) is 0 Å². The molecule has 0 aliphatic heterocycles. The third kappa shape index (κ3) is 4.15. The lowest BCUT2D eigenvalue weighted by atomic mass is 9.84. The minimum Gasteiger partial charge on any atom is -0.337 e. The minimum atomic E-state index is 0.693. The summed E-state index contributed by atoms with van der Waals surface area (Å²) in [5.41, 5.74) is 0. The lowest BCUT2D eigenvalue weighted by Crippen LogP contribution is -2.35. The molecule has 1 saturated carbocycles. The predicted octanol–water partition coefficient (Wildman–Crippen LogP) is 2.83. The molecule has 0 amide bonds. The van der Waals surface area contributed by atoms with Crippen LogP contribution < -0.4 is 5.32 Å². The minimum absolute atomic E-state index is 0.693. The van der Waals surface area contributed by atoms with E-state index in [-0.39, 0.29) is 0 Å². The van der Waals surface area contributed by atoms with Gasteiger partial charge in [0.2, 0.25) is 0 Å². The SMILES string of the molecule is CC(NCCCn1ccnc1)C1CCCCC1. The van der Waals surface area contributed by atoms with Gasteiger partial charge in [-0.05, 0) is 38.6 Å². The van der Waals surface area contributed by atoms with Crippen LogP contribution in [0.4, 0.5) is 0 Å². The molecule has 0 radical (unpaired) electrons. The number of hydrogen-bond donors (Lipinski definition) is 1. The van der Waals surface area contributed by atoms with Gasteiger partial charge in [-0.15, -0.1) is 0 Å². The van der Waals surface area contributed by atoms with E-state index in [4.69, 9.17) is 0 Å². The molecule has 0 bridgehead atoms. The molecule has 0 spiro atoms. The summed E-state index contributed by atoms with van der Waals surface area (Å²) in [7, 11) is 0. The average molecular weight is 235 g/mol. The van der Waals surface area contributed by atoms with Gasteiger partial charge in [0.25, 0.3) is 0 Å². The number of imidazole rings is 1. The molecule has 0 aromatic carbocycles. The largest absolute Gasteiger partial charge is 0.337 e. The molecule has 3 nitrogen and oxygen atoms in total. The normalized spacial score (nSPS) is 19.4. The van der Waals surface area contributed by atoms with Crippen LogP contribution in [0.1, 0.15) is 45.4 Å². The molecule has 17 heavy (non-hydrogen) atoms. The van der Waals surface area contributed by atoms with Crippen LogP contribution in [-0.2, 0) is 6.54 Å². The van der Waals surface area contributed by atoms with Gasteiger partial charge >= 0.3 is 0 Å². The topological polar surface area (TPSA) is 29.9 Å². The Morgan fingerprint density at radius 1 is 1.35 bits per heavy atom. The summed E-state index contributed by atoms with van der Waals surface area (Å²) in [6.07, 6.45) is 14.1. The molecule has 96 valence electrons. The van der Waals surface area contributed by atoms with Crippen molar-refractivity contribution < 1.29 is 0 Å². The molecule has 1 aliphatic rings. The lowest BCUT2D eigenvalue weighted by molar-refractivity contribution is 0.280. The van der Waals surface area contributed by atoms with Gasteiger partial charge in [-0.3, -0.25) is 0 Å². The van der Waals surface area contributed by atoms with Crippen molar-refractivity contribution in [2.45, 2.75) is 58.0 Å². The predicted molar refractivity (Wildman–Crippen MR) is 70.9 cm³/mol. The zero-order valence-electron chi connectivity index (χ0n) is 10.9. The molecule has 3 heteroatoms. The van der Waals surface area contributed by atoms with Crippen LogP contribution in [0, 0.1) is 5.92 Å². The molecule has 1 fully saturated rings. The highest BCUT2D eigenvalue weighted by atomic mass is 15.0. The Morgan fingerprint density at radius 3 is 2.88 bits per heavy atom. The number of hydrogen-bond acceptors (Lipinski definition) is 2. The van der Waals surface area contributed by atoms with Crippen LogP contribution in [0.25, 0.3) is 0 Å². The maximum Gasteiger partial charge on any atom is 0.0945 e. The van der Waals surface area contributed by atoms with E-state index in [1.165, 1.54) is 38.5 Å². The van der Waals surface area contributed by atoms with Crippen LogP contribution in [0.2, 0.25) is 0 Å². The van der Waals surface area contributed by atoms with E-state index in [0.29, 0.717) is 6.04 Å². The van der Waals surface area contributed by atoms with E-state index in [2.05, 4.69) is 21.8 Å². The van der Waals surface area contributed by atoms with Gasteiger partial charge < -0.3 is 9.88 Å². The quantitative estimate of drug-likeness (QED) is 0.768. The number of nitrogens with zero attached hydrogens (tertiary/aromatic N) is 2. The summed E-state index contributed by atoms with van der Waals surface area (Å²) < 4.78 is 2.15. The van der Waals surface area contributed by atoms with Gasteiger partial charge in [-0.25, -0.2) is 4.98 Å². The van der Waals surface area contributed by atoms with Gasteiger partial charge in [0.15, 0.2) is 0 Å². The third-order valence-corrected chi connectivity index (χ3v) is 3.98. The Hall–Kier alpha value is -0.830. The number of rotatable bonds is 6. The highest BCUT2D eigenvalue weighted by Crippen LogP contribution is 2.26. The van der Waals surface area contributed by atoms with Crippen molar-refractivity contribution in [3.05, 3.63) is 18.7 Å². The Balaban J connectivity index is 1.57. The molecule has 0 saturated heterocycles.